The van der Waals surface area contributed by atoms with E-state index >= 15 is 0 Å². The number of rotatable bonds is 35. The number of ketones is 4. The molecular weight excluding hydrogens is 851 g/mol. The molecule has 0 aromatic heterocycles. The first-order valence-corrected chi connectivity index (χ1v) is 23.5. The monoisotopic (exact) mass is 932 g/mol. The fraction of sp³-hybridized carbons (Fsp3) is 0.714. The molecule has 0 aliphatic carbocycles. The summed E-state index contributed by atoms with van der Waals surface area (Å²) in [5.74, 6) is -3.05. The molecule has 0 saturated heterocycles. The first-order valence-electron chi connectivity index (χ1n) is 23.5. The number of Topliss-reactive ketones (excluding diaryl/α,β-unsaturated/α-hetero) is 4. The van der Waals surface area contributed by atoms with Gasteiger partial charge in [0.05, 0.1) is 45.1 Å². The molecule has 0 radical (unpaired) electrons. The molecule has 1 aromatic carbocycles. The third-order valence-electron chi connectivity index (χ3n) is 11.2. The van der Waals surface area contributed by atoms with Crippen LogP contribution in [0.1, 0.15) is 120 Å². The largest absolute Gasteiger partial charge is 0.445 e. The van der Waals surface area contributed by atoms with Gasteiger partial charge in [0.2, 0.25) is 11.8 Å². The lowest BCUT2D eigenvalue weighted by Crippen LogP contribution is -2.47. The van der Waals surface area contributed by atoms with E-state index < -0.39 is 42.0 Å². The van der Waals surface area contributed by atoms with Gasteiger partial charge >= 0.3 is 12.1 Å². The van der Waals surface area contributed by atoms with E-state index in [2.05, 4.69) is 16.0 Å². The number of carbonyl (C=O) groups is 8. The van der Waals surface area contributed by atoms with Crippen molar-refractivity contribution in [1.29, 1.82) is 0 Å². The second-order valence-corrected chi connectivity index (χ2v) is 18.5. The molecule has 0 aliphatic rings. The summed E-state index contributed by atoms with van der Waals surface area (Å²) in [6, 6.07) is 4.28. The highest BCUT2D eigenvalue weighted by molar-refractivity contribution is 5.97. The molecule has 0 aliphatic heterocycles. The van der Waals surface area contributed by atoms with Gasteiger partial charge in [-0.05, 0) is 54.7 Å². The van der Waals surface area contributed by atoms with Crippen LogP contribution < -0.4 is 21.7 Å². The van der Waals surface area contributed by atoms with Crippen LogP contribution in [0.15, 0.2) is 24.3 Å². The molecule has 66 heavy (non-hydrogen) atoms. The number of nitrogens with zero attached hydrogens (tertiary/aromatic N) is 1. The average Bonchev–Trinajstić information content (AvgIpc) is 3.24. The zero-order valence-corrected chi connectivity index (χ0v) is 41.5. The molecule has 374 valence electrons. The summed E-state index contributed by atoms with van der Waals surface area (Å²) in [6.07, 6.45) is 0.962. The molecule has 4 atom stereocenters. The zero-order chi connectivity index (χ0) is 49.9. The summed E-state index contributed by atoms with van der Waals surface area (Å²) < 4.78 is 22.1. The Balaban J connectivity index is 2.78. The minimum absolute atomic E-state index is 0.0159. The van der Waals surface area contributed by atoms with Gasteiger partial charge in [-0.15, -0.1) is 0 Å². The summed E-state index contributed by atoms with van der Waals surface area (Å²) in [7, 11) is 1.51. The van der Waals surface area contributed by atoms with Crippen LogP contribution in [0, 0.1) is 41.4 Å². The summed E-state index contributed by atoms with van der Waals surface area (Å²) in [5, 5.41) is 8.15. The van der Waals surface area contributed by atoms with E-state index in [4.69, 9.17) is 24.7 Å². The molecule has 1 rings (SSSR count). The van der Waals surface area contributed by atoms with Crippen LogP contribution in [0.5, 0.6) is 0 Å². The van der Waals surface area contributed by atoms with Crippen LogP contribution in [0.4, 0.5) is 15.3 Å². The van der Waals surface area contributed by atoms with Crippen molar-refractivity contribution in [2.24, 2.45) is 47.2 Å². The molecule has 17 heteroatoms. The summed E-state index contributed by atoms with van der Waals surface area (Å²) in [6.45, 7) is 20.6. The number of likely N-dealkylation sites (N-methyl/N-ethyl adjacent to an activating group) is 1. The molecule has 0 saturated carbocycles. The molecule has 0 fully saturated rings. The Bertz CT molecular complexity index is 1680. The van der Waals surface area contributed by atoms with Crippen molar-refractivity contribution in [2.75, 3.05) is 58.6 Å². The van der Waals surface area contributed by atoms with E-state index in [1.165, 1.54) is 11.9 Å². The smallest absolute Gasteiger partial charge is 0.410 e. The minimum atomic E-state index is -0.857. The molecule has 5 N–H and O–H groups in total. The van der Waals surface area contributed by atoms with Crippen LogP contribution in [0.25, 0.3) is 0 Å². The van der Waals surface area contributed by atoms with Crippen LogP contribution >= 0.6 is 0 Å². The normalized spacial score (nSPS) is 13.3. The lowest BCUT2D eigenvalue weighted by Gasteiger charge is -2.31. The van der Waals surface area contributed by atoms with Gasteiger partial charge in [-0.1, -0.05) is 81.4 Å². The number of nitrogens with two attached hydrogens (primary N) is 1. The van der Waals surface area contributed by atoms with Crippen molar-refractivity contribution in [3.05, 3.63) is 29.8 Å². The van der Waals surface area contributed by atoms with Crippen LogP contribution in [-0.4, -0.2) is 117 Å². The molecule has 17 nitrogen and oxygen atoms in total. The topological polar surface area (TPSA) is 239 Å². The number of hydrogen-bond acceptors (Lipinski definition) is 12. The van der Waals surface area contributed by atoms with Gasteiger partial charge in [-0.3, -0.25) is 28.8 Å². The maximum Gasteiger partial charge on any atom is 0.410 e. The third-order valence-corrected chi connectivity index (χ3v) is 11.2. The van der Waals surface area contributed by atoms with E-state index in [1.807, 2.05) is 55.4 Å². The molecule has 1 aromatic rings. The molecule has 0 unspecified atom stereocenters. The average molecular weight is 932 g/mol. The predicted octanol–water partition coefficient (Wildman–Crippen LogP) is 6.28. The standard InChI is InChI=1S/C49H81N5O12/c1-31(2)39(46(59)35(9)10)29-42(57)45(34(7)8)54(11)49(62)66-30-36-16-18-38(19-17-36)52-47(60)37(14-12-21-51-48(50)61)28-41(56)44(33(5)6)53-43(58)20-23-64-25-27-65-26-24-63-22-13-15-40(55)32(3)4/h16-19,31-35,37,39,44-45H,12-15,20-30H2,1-11H3,(H,52,60)(H,53,58)(H3,50,51,61)/t37-,39+,44+,45+/m1/s1. The fourth-order valence-corrected chi connectivity index (χ4v) is 7.22. The Labute approximate surface area is 393 Å². The lowest BCUT2D eigenvalue weighted by atomic mass is 9.80. The molecular formula is C49H81N5O12. The highest BCUT2D eigenvalue weighted by Gasteiger charge is 2.35. The maximum atomic E-state index is 13.7. The quantitative estimate of drug-likeness (QED) is 0.0550. The second kappa shape index (κ2) is 32.0. The Kier molecular flexibility index (Phi) is 28.8. The van der Waals surface area contributed by atoms with E-state index in [-0.39, 0.29) is 111 Å². The van der Waals surface area contributed by atoms with Gasteiger partial charge in [0.25, 0.3) is 0 Å². The first-order chi connectivity index (χ1) is 31.1. The number of benzene rings is 1. The summed E-state index contributed by atoms with van der Waals surface area (Å²) in [5.41, 5.74) is 6.26. The lowest BCUT2D eigenvalue weighted by molar-refractivity contribution is -0.133. The van der Waals surface area contributed by atoms with Crippen molar-refractivity contribution in [1.82, 2.24) is 15.5 Å². The number of carbonyl (C=O) groups excluding carboxylic acids is 8. The second-order valence-electron chi connectivity index (χ2n) is 18.5. The van der Waals surface area contributed by atoms with Gasteiger partial charge < -0.3 is 45.5 Å². The van der Waals surface area contributed by atoms with Crippen LogP contribution in [0.3, 0.4) is 0 Å². The molecule has 0 spiro atoms. The van der Waals surface area contributed by atoms with Crippen molar-refractivity contribution in [2.45, 2.75) is 133 Å². The highest BCUT2D eigenvalue weighted by Crippen LogP contribution is 2.25. The fourth-order valence-electron chi connectivity index (χ4n) is 7.22. The number of urea groups is 1. The SMILES string of the molecule is CC(C)C(=O)CCCOCCOCCOCCC(=O)N[C@H](C(=O)C[C@@H](CCCNC(N)=O)C(=O)Nc1ccc(COC(=O)N(C)[C@H](C(=O)C[C@H](C(=O)C(C)C)C(C)C)C(C)C)cc1)C(C)C. The highest BCUT2D eigenvalue weighted by atomic mass is 16.6. The third kappa shape index (κ3) is 23.6. The maximum absolute atomic E-state index is 13.7. The Morgan fingerprint density at radius 3 is 1.77 bits per heavy atom. The molecule has 0 bridgehead atoms. The number of ether oxygens (including phenoxy) is 4. The molecule has 5 amide bonds. The van der Waals surface area contributed by atoms with Gasteiger partial charge in [-0.2, -0.15) is 0 Å². The number of amides is 5. The summed E-state index contributed by atoms with van der Waals surface area (Å²) >= 11 is 0. The van der Waals surface area contributed by atoms with Gasteiger partial charge in [0.15, 0.2) is 11.6 Å². The van der Waals surface area contributed by atoms with E-state index in [0.717, 1.165) is 0 Å². The Hall–Kier alpha value is -4.74. The van der Waals surface area contributed by atoms with Crippen LogP contribution in [0.2, 0.25) is 0 Å². The van der Waals surface area contributed by atoms with E-state index in [0.29, 0.717) is 56.9 Å². The van der Waals surface area contributed by atoms with Gasteiger partial charge in [0.1, 0.15) is 18.2 Å². The van der Waals surface area contributed by atoms with Crippen molar-refractivity contribution >= 4 is 52.8 Å². The Morgan fingerprint density at radius 2 is 1.24 bits per heavy atom. The summed E-state index contributed by atoms with van der Waals surface area (Å²) in [4.78, 5) is 104. The number of nitrogens with one attached hydrogen (secondary N) is 3. The molecule has 0 heterocycles. The Morgan fingerprint density at radius 1 is 0.652 bits per heavy atom. The van der Waals surface area contributed by atoms with Gasteiger partial charge in [-0.25, -0.2) is 9.59 Å². The van der Waals surface area contributed by atoms with Crippen molar-refractivity contribution < 1.29 is 57.3 Å². The first kappa shape index (κ1) is 59.3. The van der Waals surface area contributed by atoms with E-state index in [9.17, 15) is 38.4 Å². The van der Waals surface area contributed by atoms with Crippen molar-refractivity contribution in [3.8, 4) is 0 Å². The zero-order valence-electron chi connectivity index (χ0n) is 41.5. The minimum Gasteiger partial charge on any atom is -0.445 e. The van der Waals surface area contributed by atoms with Gasteiger partial charge in [0, 0.05) is 75.2 Å². The van der Waals surface area contributed by atoms with E-state index in [1.54, 1.807) is 38.1 Å². The number of anilines is 1. The number of primary amides is 1. The van der Waals surface area contributed by atoms with Crippen LogP contribution in [-0.2, 0) is 54.3 Å². The predicted molar refractivity (Wildman–Crippen MR) is 252 cm³/mol. The number of hydrogen-bond donors (Lipinski definition) is 4. The van der Waals surface area contributed by atoms with Crippen molar-refractivity contribution in [3.63, 3.8) is 0 Å².